The van der Waals surface area contributed by atoms with Gasteiger partial charge in [-0.25, -0.2) is 0 Å². The van der Waals surface area contributed by atoms with E-state index in [1.54, 1.807) is 4.90 Å². The third-order valence-electron chi connectivity index (χ3n) is 6.41. The molecule has 5 nitrogen and oxygen atoms in total. The molecule has 0 N–H and O–H groups in total. The second-order valence-corrected chi connectivity index (χ2v) is 8.53. The Morgan fingerprint density at radius 3 is 2.67 bits per heavy atom. The summed E-state index contributed by atoms with van der Waals surface area (Å²) in [4.78, 5) is 29.3. The summed E-state index contributed by atoms with van der Waals surface area (Å²) < 4.78 is 5.76. The minimum absolute atomic E-state index is 0.0396. The molecule has 0 bridgehead atoms. The van der Waals surface area contributed by atoms with Crippen LogP contribution in [0, 0.1) is 5.41 Å². The van der Waals surface area contributed by atoms with Crippen molar-refractivity contribution in [2.24, 2.45) is 5.41 Å². The molecule has 1 aromatic carbocycles. The Kier molecular flexibility index (Phi) is 5.48. The first kappa shape index (κ1) is 18.5. The van der Waals surface area contributed by atoms with E-state index in [9.17, 15) is 9.59 Å². The fraction of sp³-hybridized carbons (Fsp3) is 0.636. The lowest BCUT2D eigenvalue weighted by Gasteiger charge is -2.28. The normalized spacial score (nSPS) is 24.1. The molecule has 1 atom stereocenters. The summed E-state index contributed by atoms with van der Waals surface area (Å²) in [5.41, 5.74) is 1.26. The molecule has 2 heterocycles. The van der Waals surface area contributed by atoms with Gasteiger partial charge in [-0.3, -0.25) is 9.59 Å². The van der Waals surface area contributed by atoms with Gasteiger partial charge in [0.25, 0.3) is 0 Å². The Morgan fingerprint density at radius 1 is 1.19 bits per heavy atom. The van der Waals surface area contributed by atoms with E-state index < -0.39 is 0 Å². The minimum Gasteiger partial charge on any atom is -0.376 e. The Labute approximate surface area is 161 Å². The summed E-state index contributed by atoms with van der Waals surface area (Å²) in [6.45, 7) is 2.94. The molecule has 1 aliphatic carbocycles. The monoisotopic (exact) mass is 370 g/mol. The molecular weight excluding hydrogens is 340 g/mol. The summed E-state index contributed by atoms with van der Waals surface area (Å²) >= 11 is 0. The molecule has 146 valence electrons. The Morgan fingerprint density at radius 2 is 1.96 bits per heavy atom. The van der Waals surface area contributed by atoms with Gasteiger partial charge in [0, 0.05) is 32.7 Å². The maximum absolute atomic E-state index is 13.1. The van der Waals surface area contributed by atoms with E-state index in [4.69, 9.17) is 4.74 Å². The lowest BCUT2D eigenvalue weighted by Crippen LogP contribution is -2.44. The zero-order valence-corrected chi connectivity index (χ0v) is 16.1. The zero-order valence-electron chi connectivity index (χ0n) is 16.1. The van der Waals surface area contributed by atoms with Crippen molar-refractivity contribution in [2.75, 3.05) is 26.2 Å². The van der Waals surface area contributed by atoms with Crippen LogP contribution in [0.3, 0.4) is 0 Å². The van der Waals surface area contributed by atoms with Crippen LogP contribution in [0.2, 0.25) is 0 Å². The molecule has 2 aliphatic heterocycles. The Balaban J connectivity index is 1.42. The van der Waals surface area contributed by atoms with Crippen molar-refractivity contribution in [1.82, 2.24) is 9.80 Å². The van der Waals surface area contributed by atoms with Crippen LogP contribution in [0.15, 0.2) is 30.3 Å². The molecule has 2 saturated heterocycles. The zero-order chi connectivity index (χ0) is 18.7. The first-order valence-corrected chi connectivity index (χ1v) is 10.3. The lowest BCUT2D eigenvalue weighted by molar-refractivity contribution is -0.139. The van der Waals surface area contributed by atoms with Gasteiger partial charge in [0.2, 0.25) is 11.8 Å². The van der Waals surface area contributed by atoms with Crippen molar-refractivity contribution in [1.29, 1.82) is 0 Å². The molecule has 1 spiro atoms. The second-order valence-electron chi connectivity index (χ2n) is 8.53. The highest BCUT2D eigenvalue weighted by molar-refractivity contribution is 5.86. The minimum atomic E-state index is 0.0396. The molecule has 5 heteroatoms. The van der Waals surface area contributed by atoms with Crippen molar-refractivity contribution in [3.63, 3.8) is 0 Å². The number of carbonyl (C=O) groups is 2. The molecule has 1 saturated carbocycles. The van der Waals surface area contributed by atoms with Crippen LogP contribution in [0.4, 0.5) is 0 Å². The van der Waals surface area contributed by atoms with Crippen LogP contribution in [-0.4, -0.2) is 54.0 Å². The van der Waals surface area contributed by atoms with Gasteiger partial charge in [-0.2, -0.15) is 0 Å². The van der Waals surface area contributed by atoms with E-state index >= 15 is 0 Å². The lowest BCUT2D eigenvalue weighted by atomic mass is 9.85. The fourth-order valence-corrected chi connectivity index (χ4v) is 4.94. The number of likely N-dealkylation sites (tertiary alicyclic amines) is 1. The molecule has 2 amide bonds. The summed E-state index contributed by atoms with van der Waals surface area (Å²) in [6.07, 6.45) is 7.51. The highest BCUT2D eigenvalue weighted by Crippen LogP contribution is 2.45. The number of hydrogen-bond acceptors (Lipinski definition) is 3. The number of carbonyl (C=O) groups excluding carboxylic acids is 2. The number of amides is 2. The Bertz CT molecular complexity index is 663. The van der Waals surface area contributed by atoms with Gasteiger partial charge in [-0.15, -0.1) is 0 Å². The highest BCUT2D eigenvalue weighted by Gasteiger charge is 2.45. The van der Waals surface area contributed by atoms with E-state index in [1.807, 2.05) is 35.2 Å². The maximum Gasteiger partial charge on any atom is 0.242 e. The molecule has 0 unspecified atom stereocenters. The van der Waals surface area contributed by atoms with Crippen molar-refractivity contribution in [3.05, 3.63) is 35.9 Å². The van der Waals surface area contributed by atoms with Crippen LogP contribution in [0.25, 0.3) is 0 Å². The van der Waals surface area contributed by atoms with Crippen molar-refractivity contribution in [2.45, 2.75) is 57.6 Å². The third kappa shape index (κ3) is 4.34. The van der Waals surface area contributed by atoms with Crippen LogP contribution in [0.5, 0.6) is 0 Å². The Hall–Kier alpha value is -1.88. The van der Waals surface area contributed by atoms with Crippen LogP contribution in [-0.2, 0) is 20.9 Å². The smallest absolute Gasteiger partial charge is 0.242 e. The van der Waals surface area contributed by atoms with Gasteiger partial charge in [0.1, 0.15) is 0 Å². The van der Waals surface area contributed by atoms with E-state index in [2.05, 4.69) is 0 Å². The average Bonchev–Trinajstić information content (AvgIpc) is 3.39. The fourth-order valence-electron chi connectivity index (χ4n) is 4.94. The molecule has 3 fully saturated rings. The molecular formula is C22H30N2O3. The predicted molar refractivity (Wildman–Crippen MR) is 103 cm³/mol. The number of rotatable bonds is 6. The van der Waals surface area contributed by atoms with Gasteiger partial charge in [-0.1, -0.05) is 43.2 Å². The summed E-state index contributed by atoms with van der Waals surface area (Å²) in [7, 11) is 0. The molecule has 27 heavy (non-hydrogen) atoms. The quantitative estimate of drug-likeness (QED) is 0.773. The van der Waals surface area contributed by atoms with Gasteiger partial charge in [-0.05, 0) is 36.7 Å². The highest BCUT2D eigenvalue weighted by atomic mass is 16.5. The molecule has 0 aromatic heterocycles. The molecule has 3 aliphatic rings. The van der Waals surface area contributed by atoms with Crippen molar-refractivity contribution < 1.29 is 14.3 Å². The first-order valence-electron chi connectivity index (χ1n) is 10.3. The van der Waals surface area contributed by atoms with Gasteiger partial charge in [0.15, 0.2) is 0 Å². The number of hydrogen-bond donors (Lipinski definition) is 0. The topological polar surface area (TPSA) is 49.9 Å². The van der Waals surface area contributed by atoms with Crippen molar-refractivity contribution in [3.8, 4) is 0 Å². The predicted octanol–water partition coefficient (Wildman–Crippen LogP) is 2.99. The van der Waals surface area contributed by atoms with E-state index in [0.29, 0.717) is 19.5 Å². The van der Waals surface area contributed by atoms with Crippen LogP contribution < -0.4 is 0 Å². The standard InChI is InChI=1S/C22H30N2O3/c25-20-13-22(10-4-5-11-22)17-24(20)16-21(26)23(15-19-9-6-12-27-19)14-18-7-2-1-3-8-18/h1-3,7-8,19H,4-6,9-17H2/t19-/m0/s1. The van der Waals surface area contributed by atoms with Gasteiger partial charge < -0.3 is 14.5 Å². The van der Waals surface area contributed by atoms with Crippen molar-refractivity contribution >= 4 is 11.8 Å². The largest absolute Gasteiger partial charge is 0.376 e. The number of benzene rings is 1. The number of ether oxygens (including phenoxy) is 1. The summed E-state index contributed by atoms with van der Waals surface area (Å²) in [6, 6.07) is 10.1. The third-order valence-corrected chi connectivity index (χ3v) is 6.41. The average molecular weight is 370 g/mol. The summed E-state index contributed by atoms with van der Waals surface area (Å²) in [5, 5.41) is 0. The summed E-state index contributed by atoms with van der Waals surface area (Å²) in [5.74, 6) is 0.194. The maximum atomic E-state index is 13.1. The van der Waals surface area contributed by atoms with Gasteiger partial charge in [0.05, 0.1) is 12.6 Å². The first-order chi connectivity index (χ1) is 13.1. The SMILES string of the molecule is O=C(CN1CC2(CCCC2)CC1=O)N(Cc1ccccc1)C[C@@H]1CCCO1. The molecule has 0 radical (unpaired) electrons. The molecule has 1 aromatic rings. The molecule has 4 rings (SSSR count). The second kappa shape index (κ2) is 8.01. The van der Waals surface area contributed by atoms with Crippen LogP contribution in [0.1, 0.15) is 50.5 Å². The number of nitrogens with zero attached hydrogens (tertiary/aromatic N) is 2. The van der Waals surface area contributed by atoms with E-state index in [1.165, 1.54) is 12.8 Å². The van der Waals surface area contributed by atoms with E-state index in [0.717, 1.165) is 44.4 Å². The van der Waals surface area contributed by atoms with E-state index in [-0.39, 0.29) is 29.9 Å². The van der Waals surface area contributed by atoms with Crippen LogP contribution >= 0.6 is 0 Å². The van der Waals surface area contributed by atoms with Gasteiger partial charge >= 0.3 is 0 Å².